The molecular formula is C24H26N6O3. The number of fused-ring (bicyclic) bond motifs is 2. The van der Waals surface area contributed by atoms with E-state index >= 15 is 0 Å². The van der Waals surface area contributed by atoms with Gasteiger partial charge >= 0.3 is 0 Å². The molecule has 0 aliphatic heterocycles. The summed E-state index contributed by atoms with van der Waals surface area (Å²) in [5.41, 5.74) is 9.68. The number of carbonyl (C=O) groups excluding carboxylic acids is 1. The lowest BCUT2D eigenvalue weighted by atomic mass is 10.2. The number of hydrogen-bond donors (Lipinski definition) is 2. The number of hydrogen-bond acceptors (Lipinski definition) is 7. The molecule has 2 heterocycles. The number of methoxy groups -OCH3 is 1. The van der Waals surface area contributed by atoms with Gasteiger partial charge in [0.1, 0.15) is 22.6 Å². The molecule has 0 bridgehead atoms. The highest BCUT2D eigenvalue weighted by Gasteiger charge is 2.23. The molecule has 0 spiro atoms. The van der Waals surface area contributed by atoms with Crippen LogP contribution in [0.4, 0.5) is 5.82 Å². The van der Waals surface area contributed by atoms with Gasteiger partial charge in [0.05, 0.1) is 23.9 Å². The van der Waals surface area contributed by atoms with Crippen LogP contribution in [0.2, 0.25) is 0 Å². The molecule has 9 heteroatoms. The summed E-state index contributed by atoms with van der Waals surface area (Å²) in [7, 11) is 1.62. The van der Waals surface area contributed by atoms with Crippen molar-refractivity contribution in [1.29, 1.82) is 0 Å². The highest BCUT2D eigenvalue weighted by atomic mass is 16.5. The highest BCUT2D eigenvalue weighted by molar-refractivity contribution is 6.10. The topological polar surface area (TPSA) is 117 Å². The van der Waals surface area contributed by atoms with Crippen LogP contribution in [-0.2, 0) is 4.74 Å². The molecule has 4 rings (SSSR count). The van der Waals surface area contributed by atoms with Gasteiger partial charge in [-0.15, -0.1) is 0 Å². The molecule has 0 aliphatic carbocycles. The Hall–Kier alpha value is -3.98. The van der Waals surface area contributed by atoms with Crippen molar-refractivity contribution in [2.45, 2.75) is 13.3 Å². The zero-order valence-corrected chi connectivity index (χ0v) is 18.6. The van der Waals surface area contributed by atoms with E-state index in [2.05, 4.69) is 20.4 Å². The molecule has 9 nitrogen and oxygen atoms in total. The fourth-order valence-electron chi connectivity index (χ4n) is 3.44. The summed E-state index contributed by atoms with van der Waals surface area (Å²) < 4.78 is 12.0. The van der Waals surface area contributed by atoms with Crippen LogP contribution in [0.15, 0.2) is 53.6 Å². The highest BCUT2D eigenvalue weighted by Crippen LogP contribution is 2.27. The van der Waals surface area contributed by atoms with E-state index in [-0.39, 0.29) is 17.3 Å². The largest absolute Gasteiger partial charge is 0.494 e. The second-order valence-electron chi connectivity index (χ2n) is 7.31. The van der Waals surface area contributed by atoms with Crippen LogP contribution in [0.1, 0.15) is 29.3 Å². The Balaban J connectivity index is 1.75. The average molecular weight is 447 g/mol. The van der Waals surface area contributed by atoms with E-state index in [4.69, 9.17) is 15.2 Å². The third-order valence-corrected chi connectivity index (χ3v) is 5.03. The molecular weight excluding hydrogens is 420 g/mol. The maximum Gasteiger partial charge on any atom is 0.257 e. The normalized spacial score (nSPS) is 11.5. The summed E-state index contributed by atoms with van der Waals surface area (Å²) in [6.07, 6.45) is 2.34. The van der Waals surface area contributed by atoms with Crippen LogP contribution in [-0.4, -0.2) is 53.6 Å². The van der Waals surface area contributed by atoms with E-state index < -0.39 is 0 Å². The molecule has 0 radical (unpaired) electrons. The predicted molar refractivity (Wildman–Crippen MR) is 129 cm³/mol. The van der Waals surface area contributed by atoms with Crippen LogP contribution >= 0.6 is 0 Å². The minimum Gasteiger partial charge on any atom is -0.494 e. The van der Waals surface area contributed by atoms with Gasteiger partial charge in [-0.2, -0.15) is 9.78 Å². The number of aromatic nitrogens is 3. The van der Waals surface area contributed by atoms with E-state index in [1.54, 1.807) is 13.3 Å². The first-order valence-corrected chi connectivity index (χ1v) is 10.7. The Morgan fingerprint density at radius 1 is 1.15 bits per heavy atom. The smallest absolute Gasteiger partial charge is 0.257 e. The van der Waals surface area contributed by atoms with Gasteiger partial charge in [0.25, 0.3) is 5.91 Å². The van der Waals surface area contributed by atoms with Gasteiger partial charge in [-0.3, -0.25) is 4.79 Å². The van der Waals surface area contributed by atoms with Crippen LogP contribution < -0.4 is 15.8 Å². The molecule has 0 aliphatic rings. The molecule has 0 unspecified atom stereocenters. The molecule has 0 saturated heterocycles. The second-order valence-corrected chi connectivity index (χ2v) is 7.31. The number of amides is 1. The number of benzene rings is 2. The third kappa shape index (κ3) is 4.78. The van der Waals surface area contributed by atoms with Gasteiger partial charge in [-0.05, 0) is 55.3 Å². The summed E-state index contributed by atoms with van der Waals surface area (Å²) in [4.78, 5) is 22.3. The lowest BCUT2D eigenvalue weighted by Crippen LogP contribution is -2.26. The number of ether oxygens (including phenoxy) is 2. The van der Waals surface area contributed by atoms with E-state index in [0.717, 1.165) is 11.3 Å². The minimum absolute atomic E-state index is 0.173. The molecule has 1 amide bonds. The minimum atomic E-state index is -0.326. The zero-order chi connectivity index (χ0) is 23.2. The third-order valence-electron chi connectivity index (χ3n) is 5.03. The molecule has 170 valence electrons. The van der Waals surface area contributed by atoms with Crippen molar-refractivity contribution < 1.29 is 14.3 Å². The fourth-order valence-corrected chi connectivity index (χ4v) is 3.44. The number of carbonyl (C=O) groups is 1. The van der Waals surface area contributed by atoms with Gasteiger partial charge < -0.3 is 20.5 Å². The van der Waals surface area contributed by atoms with Crippen LogP contribution in [0.25, 0.3) is 22.2 Å². The maximum absolute atomic E-state index is 13.0. The number of nitrogens with one attached hydrogen (secondary N) is 1. The number of nitrogen functional groups attached to an aromatic ring is 1. The summed E-state index contributed by atoms with van der Waals surface area (Å²) in [6.45, 7) is 3.54. The van der Waals surface area contributed by atoms with Gasteiger partial charge in [0.2, 0.25) is 0 Å². The Morgan fingerprint density at radius 2 is 1.88 bits per heavy atom. The van der Waals surface area contributed by atoms with Crippen molar-refractivity contribution >= 4 is 40.1 Å². The molecule has 2 aromatic heterocycles. The maximum atomic E-state index is 13.0. The lowest BCUT2D eigenvalue weighted by molar-refractivity contribution is 0.0951. The van der Waals surface area contributed by atoms with Gasteiger partial charge in [0.15, 0.2) is 5.65 Å². The summed E-state index contributed by atoms with van der Waals surface area (Å²) in [6, 6.07) is 15.0. The summed E-state index contributed by atoms with van der Waals surface area (Å²) >= 11 is 0. The summed E-state index contributed by atoms with van der Waals surface area (Å²) in [5, 5.41) is 7.40. The standard InChI is InChI=1S/C24H26N6O3/c1-3-33-17-11-9-16(10-12-17)15-27-30-22(25)20(24(31)26-13-6-14-32-2)21-23(30)29-19-8-5-4-7-18(19)28-21/h4-5,7-12,15H,3,6,13-14,25H2,1-2H3,(H,26,31). The summed E-state index contributed by atoms with van der Waals surface area (Å²) in [5.74, 6) is 0.630. The van der Waals surface area contributed by atoms with Gasteiger partial charge in [-0.25, -0.2) is 9.97 Å². The van der Waals surface area contributed by atoms with Crippen molar-refractivity contribution in [3.05, 3.63) is 59.7 Å². The first-order valence-electron chi connectivity index (χ1n) is 10.7. The van der Waals surface area contributed by atoms with Crippen LogP contribution in [0, 0.1) is 0 Å². The molecule has 0 saturated carbocycles. The number of nitrogens with two attached hydrogens (primary N) is 1. The molecule has 2 aromatic carbocycles. The van der Waals surface area contributed by atoms with E-state index in [1.807, 2.05) is 55.5 Å². The fraction of sp³-hybridized carbons (Fsp3) is 0.250. The molecule has 3 N–H and O–H groups in total. The Labute approximate surface area is 191 Å². The average Bonchev–Trinajstić information content (AvgIpc) is 3.10. The Bertz CT molecular complexity index is 1300. The molecule has 33 heavy (non-hydrogen) atoms. The molecule has 0 fully saturated rings. The number of anilines is 1. The van der Waals surface area contributed by atoms with Crippen molar-refractivity contribution in [2.24, 2.45) is 5.10 Å². The monoisotopic (exact) mass is 446 g/mol. The second kappa shape index (κ2) is 10.1. The molecule has 0 atom stereocenters. The number of rotatable bonds is 9. The Kier molecular flexibility index (Phi) is 6.80. The van der Waals surface area contributed by atoms with Gasteiger partial charge in [-0.1, -0.05) is 12.1 Å². The van der Waals surface area contributed by atoms with Crippen molar-refractivity contribution in [3.63, 3.8) is 0 Å². The van der Waals surface area contributed by atoms with Gasteiger partial charge in [0, 0.05) is 20.3 Å². The van der Waals surface area contributed by atoms with Crippen molar-refractivity contribution in [2.75, 3.05) is 32.6 Å². The van der Waals surface area contributed by atoms with Crippen molar-refractivity contribution in [3.8, 4) is 5.75 Å². The first kappa shape index (κ1) is 22.2. The van der Waals surface area contributed by atoms with E-state index in [1.165, 1.54) is 4.68 Å². The first-order chi connectivity index (χ1) is 16.1. The quantitative estimate of drug-likeness (QED) is 0.301. The lowest BCUT2D eigenvalue weighted by Gasteiger charge is -2.05. The molecule has 4 aromatic rings. The Morgan fingerprint density at radius 3 is 2.58 bits per heavy atom. The van der Waals surface area contributed by atoms with Crippen molar-refractivity contribution in [1.82, 2.24) is 20.0 Å². The number of nitrogens with zero attached hydrogens (tertiary/aromatic N) is 4. The van der Waals surface area contributed by atoms with Crippen LogP contribution in [0.3, 0.4) is 0 Å². The van der Waals surface area contributed by atoms with E-state index in [9.17, 15) is 4.79 Å². The van der Waals surface area contributed by atoms with Crippen LogP contribution in [0.5, 0.6) is 5.75 Å². The zero-order valence-electron chi connectivity index (χ0n) is 18.6. The van der Waals surface area contributed by atoms with E-state index in [0.29, 0.717) is 48.4 Å². The SMILES string of the molecule is CCOc1ccc(C=Nn2c(N)c(C(=O)NCCCOC)c3nc4ccccc4nc32)cc1. The number of para-hydroxylation sites is 2. The predicted octanol–water partition coefficient (Wildman–Crippen LogP) is 3.21.